The Morgan fingerprint density at radius 3 is 3.21 bits per heavy atom. The zero-order chi connectivity index (χ0) is 13.2. The summed E-state index contributed by atoms with van der Waals surface area (Å²) >= 11 is 0. The van der Waals surface area contributed by atoms with Crippen molar-refractivity contribution in [3.05, 3.63) is 35.9 Å². The van der Waals surface area contributed by atoms with Gasteiger partial charge in [-0.25, -0.2) is 8.93 Å². The van der Waals surface area contributed by atoms with Gasteiger partial charge in [0.2, 0.25) is 0 Å². The van der Waals surface area contributed by atoms with Crippen molar-refractivity contribution in [1.82, 2.24) is 4.72 Å². The van der Waals surface area contributed by atoms with Crippen LogP contribution in [0.4, 0.5) is 5.69 Å². The second-order valence-electron chi connectivity index (χ2n) is 5.24. The molecule has 1 aliphatic carbocycles. The fourth-order valence-corrected chi connectivity index (χ4v) is 3.87. The summed E-state index contributed by atoms with van der Waals surface area (Å²) < 4.78 is 15.2. The van der Waals surface area contributed by atoms with E-state index in [1.807, 2.05) is 6.07 Å². The summed E-state index contributed by atoms with van der Waals surface area (Å²) in [5.74, 6) is 1.17. The third-order valence-electron chi connectivity index (χ3n) is 3.92. The molecule has 3 unspecified atom stereocenters. The molecule has 0 spiro atoms. The Morgan fingerprint density at radius 2 is 2.37 bits per heavy atom. The highest BCUT2D eigenvalue weighted by molar-refractivity contribution is 7.83. The van der Waals surface area contributed by atoms with Gasteiger partial charge in [-0.2, -0.15) is 0 Å². The van der Waals surface area contributed by atoms with Gasteiger partial charge in [0.25, 0.3) is 0 Å². The van der Waals surface area contributed by atoms with E-state index in [4.69, 9.17) is 0 Å². The minimum Gasteiger partial charge on any atom is -0.384 e. The van der Waals surface area contributed by atoms with Crippen molar-refractivity contribution in [3.63, 3.8) is 0 Å². The van der Waals surface area contributed by atoms with Crippen LogP contribution in [-0.2, 0) is 11.0 Å². The van der Waals surface area contributed by atoms with E-state index in [1.165, 1.54) is 11.3 Å². The van der Waals surface area contributed by atoms with Gasteiger partial charge in [0, 0.05) is 24.7 Å². The number of rotatable bonds is 4. The molecule has 0 fully saturated rings. The van der Waals surface area contributed by atoms with Crippen molar-refractivity contribution in [2.75, 3.05) is 18.4 Å². The van der Waals surface area contributed by atoms with E-state index in [2.05, 4.69) is 41.2 Å². The number of fused-ring (bicyclic) bond motifs is 3. The molecular weight excluding hydrogens is 256 g/mol. The number of benzene rings is 1. The highest BCUT2D eigenvalue weighted by Crippen LogP contribution is 2.42. The molecule has 3 atom stereocenters. The van der Waals surface area contributed by atoms with Crippen LogP contribution in [0.1, 0.15) is 31.2 Å². The third kappa shape index (κ3) is 2.47. The average molecular weight is 276 g/mol. The Kier molecular flexibility index (Phi) is 3.71. The maximum atomic E-state index is 12.1. The van der Waals surface area contributed by atoms with Crippen LogP contribution < -0.4 is 10.0 Å². The molecule has 1 aromatic carbocycles. The van der Waals surface area contributed by atoms with Crippen molar-refractivity contribution in [2.24, 2.45) is 5.92 Å². The van der Waals surface area contributed by atoms with Gasteiger partial charge in [0.15, 0.2) is 0 Å². The molecule has 4 heteroatoms. The highest BCUT2D eigenvalue weighted by atomic mass is 32.2. The second-order valence-corrected chi connectivity index (χ2v) is 6.54. The summed E-state index contributed by atoms with van der Waals surface area (Å²) in [7, 11) is -1.09. The van der Waals surface area contributed by atoms with E-state index in [0.717, 1.165) is 30.8 Å². The van der Waals surface area contributed by atoms with Crippen molar-refractivity contribution < 1.29 is 4.21 Å². The molecule has 1 heterocycles. The first-order chi connectivity index (χ1) is 9.29. The first kappa shape index (κ1) is 12.9. The number of allylic oxidation sites excluding steroid dienone is 2. The summed E-state index contributed by atoms with van der Waals surface area (Å²) in [5.41, 5.74) is 2.50. The summed E-state index contributed by atoms with van der Waals surface area (Å²) in [6, 6.07) is 6.13. The predicted molar refractivity (Wildman–Crippen MR) is 79.6 cm³/mol. The molecule has 0 aromatic heterocycles. The lowest BCUT2D eigenvalue weighted by Crippen LogP contribution is -2.25. The van der Waals surface area contributed by atoms with Crippen molar-refractivity contribution in [2.45, 2.75) is 30.6 Å². The number of nitrogens with one attached hydrogen (secondary N) is 2. The molecule has 2 aliphatic rings. The van der Waals surface area contributed by atoms with Crippen LogP contribution in [0.2, 0.25) is 0 Å². The Morgan fingerprint density at radius 1 is 1.47 bits per heavy atom. The van der Waals surface area contributed by atoms with E-state index in [-0.39, 0.29) is 0 Å². The highest BCUT2D eigenvalue weighted by Gasteiger charge is 2.30. The van der Waals surface area contributed by atoms with Crippen LogP contribution >= 0.6 is 0 Å². The topological polar surface area (TPSA) is 41.1 Å². The van der Waals surface area contributed by atoms with Crippen molar-refractivity contribution in [1.29, 1.82) is 0 Å². The molecular formula is C15H20N2OS. The Hall–Kier alpha value is -1.13. The van der Waals surface area contributed by atoms with Gasteiger partial charge < -0.3 is 5.32 Å². The Labute approximate surface area is 117 Å². The molecule has 3 rings (SSSR count). The smallest absolute Gasteiger partial charge is 0.124 e. The van der Waals surface area contributed by atoms with Gasteiger partial charge in [-0.05, 0) is 42.5 Å². The third-order valence-corrected chi connectivity index (χ3v) is 5.07. The maximum absolute atomic E-state index is 12.1. The fraction of sp³-hybridized carbons (Fsp3) is 0.467. The molecule has 102 valence electrons. The van der Waals surface area contributed by atoms with E-state index in [1.54, 1.807) is 0 Å². The molecule has 0 saturated carbocycles. The zero-order valence-corrected chi connectivity index (χ0v) is 12.0. The van der Waals surface area contributed by atoms with E-state index < -0.39 is 11.0 Å². The van der Waals surface area contributed by atoms with Crippen LogP contribution in [0.15, 0.2) is 35.2 Å². The lowest BCUT2D eigenvalue weighted by Gasteiger charge is -2.29. The zero-order valence-electron chi connectivity index (χ0n) is 11.2. The fourth-order valence-electron chi connectivity index (χ4n) is 2.88. The van der Waals surface area contributed by atoms with E-state index in [9.17, 15) is 4.21 Å². The van der Waals surface area contributed by atoms with Gasteiger partial charge in [0.05, 0.1) is 4.90 Å². The lowest BCUT2D eigenvalue weighted by molar-refractivity contribution is 0.522. The molecule has 19 heavy (non-hydrogen) atoms. The lowest BCUT2D eigenvalue weighted by atomic mass is 9.85. The number of hydrogen-bond donors (Lipinski definition) is 2. The summed E-state index contributed by atoms with van der Waals surface area (Å²) in [4.78, 5) is 0.884. The van der Waals surface area contributed by atoms with Gasteiger partial charge in [-0.3, -0.25) is 0 Å². The molecule has 0 bridgehead atoms. The largest absolute Gasteiger partial charge is 0.384 e. The van der Waals surface area contributed by atoms with Crippen LogP contribution in [0.25, 0.3) is 0 Å². The predicted octanol–water partition coefficient (Wildman–Crippen LogP) is 2.79. The normalized spacial score (nSPS) is 25.5. The van der Waals surface area contributed by atoms with E-state index in [0.29, 0.717) is 11.8 Å². The van der Waals surface area contributed by atoms with Crippen LogP contribution in [0.3, 0.4) is 0 Å². The van der Waals surface area contributed by atoms with Gasteiger partial charge >= 0.3 is 0 Å². The van der Waals surface area contributed by atoms with Crippen LogP contribution in [0.5, 0.6) is 0 Å². The minimum absolute atomic E-state index is 0.499. The molecule has 2 N–H and O–H groups in total. The molecule has 3 nitrogen and oxygen atoms in total. The minimum atomic E-state index is -1.09. The standard InChI is InChI=1S/C15H20N2OS/c1-2-8-17-19(18)12-6-7-15-14(9-12)13-5-3-4-11(13)10-16-15/h3,5-7,9,11,13,16-17H,2,4,8,10H2,1H3. The van der Waals surface area contributed by atoms with Crippen molar-refractivity contribution >= 4 is 16.7 Å². The summed E-state index contributed by atoms with van der Waals surface area (Å²) in [6.45, 7) is 3.91. The first-order valence-corrected chi connectivity index (χ1v) is 8.14. The molecule has 1 aliphatic heterocycles. The molecule has 1 aromatic rings. The Balaban J connectivity index is 1.88. The van der Waals surface area contributed by atoms with Gasteiger partial charge in [-0.15, -0.1) is 0 Å². The summed E-state index contributed by atoms with van der Waals surface area (Å²) in [5, 5.41) is 3.48. The first-order valence-electron chi connectivity index (χ1n) is 6.99. The Bertz CT molecular complexity index is 527. The van der Waals surface area contributed by atoms with Gasteiger partial charge in [0.1, 0.15) is 11.0 Å². The monoisotopic (exact) mass is 276 g/mol. The van der Waals surface area contributed by atoms with E-state index >= 15 is 0 Å². The van der Waals surface area contributed by atoms with Crippen LogP contribution in [0, 0.1) is 5.92 Å². The number of hydrogen-bond acceptors (Lipinski definition) is 2. The second kappa shape index (κ2) is 5.47. The molecule has 0 saturated heterocycles. The quantitative estimate of drug-likeness (QED) is 0.830. The van der Waals surface area contributed by atoms with Crippen LogP contribution in [-0.4, -0.2) is 17.3 Å². The number of anilines is 1. The SMILES string of the molecule is CCCNS(=O)c1ccc2c(c1)C1C=CCC1CN2. The van der Waals surface area contributed by atoms with Gasteiger partial charge in [-0.1, -0.05) is 19.1 Å². The van der Waals surface area contributed by atoms with Crippen molar-refractivity contribution in [3.8, 4) is 0 Å². The molecule has 0 amide bonds. The molecule has 0 radical (unpaired) electrons. The maximum Gasteiger partial charge on any atom is 0.124 e. The summed E-state index contributed by atoms with van der Waals surface area (Å²) in [6.07, 6.45) is 6.71. The average Bonchev–Trinajstić information content (AvgIpc) is 2.93.